The first kappa shape index (κ1) is 31.9. The van der Waals surface area contributed by atoms with Gasteiger partial charge in [0.15, 0.2) is 0 Å². The average molecular weight is 780 g/mol. The fourth-order valence-corrected chi connectivity index (χ4v) is 8.73. The number of rotatable bonds is 8. The van der Waals surface area contributed by atoms with E-state index in [9.17, 15) is 5.48 Å². The van der Waals surface area contributed by atoms with Gasteiger partial charge in [0.2, 0.25) is 0 Å². The molecule has 0 saturated heterocycles. The van der Waals surface area contributed by atoms with E-state index in [1.165, 1.54) is 16.3 Å². The maximum absolute atomic E-state index is 9.83. The smallest absolute Gasteiger partial charge is 0.0645 e. The lowest BCUT2D eigenvalue weighted by Crippen LogP contribution is -2.11. The first-order valence-electron chi connectivity index (χ1n) is 22.7. The molecule has 286 valence electrons. The Kier molecular flexibility index (Phi) is 8.18. The molecule has 0 heterocycles. The van der Waals surface area contributed by atoms with Crippen LogP contribution in [-0.2, 0) is 0 Å². The Hall–Kier alpha value is -8.00. The van der Waals surface area contributed by atoms with E-state index in [1.54, 1.807) is 0 Å². The summed E-state index contributed by atoms with van der Waals surface area (Å²) < 4.78 is 39.1. The Morgan fingerprint density at radius 1 is 0.262 bits per heavy atom. The van der Waals surface area contributed by atoms with Crippen molar-refractivity contribution in [2.24, 2.45) is 0 Å². The van der Waals surface area contributed by atoms with Crippen molar-refractivity contribution >= 4 is 49.4 Å². The molecular weight excluding hydrogens is 735 g/mol. The van der Waals surface area contributed by atoms with Crippen LogP contribution in [0, 0.1) is 0 Å². The summed E-state index contributed by atoms with van der Waals surface area (Å²) in [6.07, 6.45) is 0. The van der Waals surface area contributed by atoms with Gasteiger partial charge >= 0.3 is 0 Å². The summed E-state index contributed by atoms with van der Waals surface area (Å²) in [5, 5.41) is 6.31. The first-order valence-corrected chi connectivity index (χ1v) is 20.7. The molecule has 0 aliphatic carbocycles. The van der Waals surface area contributed by atoms with E-state index in [4.69, 9.17) is 0 Å². The largest absolute Gasteiger partial charge is 0.310 e. The van der Waals surface area contributed by atoms with Crippen LogP contribution >= 0.6 is 0 Å². The van der Waals surface area contributed by atoms with Crippen molar-refractivity contribution in [1.29, 1.82) is 0 Å². The van der Waals surface area contributed by atoms with Crippen molar-refractivity contribution < 1.29 is 5.48 Å². The van der Waals surface area contributed by atoms with Gasteiger partial charge in [0.1, 0.15) is 0 Å². The average Bonchev–Trinajstić information content (AvgIpc) is 3.37. The van der Waals surface area contributed by atoms with Crippen LogP contribution in [0.15, 0.2) is 249 Å². The molecule has 11 rings (SSSR count). The normalized spacial score (nSPS) is 12.2. The zero-order chi connectivity index (χ0) is 44.0. The third-order valence-corrected chi connectivity index (χ3v) is 11.7. The number of benzene rings is 11. The maximum atomic E-state index is 9.83. The number of para-hydroxylation sites is 1. The predicted molar refractivity (Wildman–Crippen MR) is 261 cm³/mol. The van der Waals surface area contributed by atoms with Gasteiger partial charge in [-0.15, -0.1) is 0 Å². The van der Waals surface area contributed by atoms with Gasteiger partial charge in [-0.05, 0) is 125 Å². The van der Waals surface area contributed by atoms with E-state index in [1.807, 2.05) is 95.9 Å². The summed E-state index contributed by atoms with van der Waals surface area (Å²) in [6.45, 7) is 0. The Bertz CT molecular complexity index is 3550. The molecule has 0 atom stereocenters. The highest BCUT2D eigenvalue weighted by Gasteiger charge is 2.18. The Balaban J connectivity index is 1.08. The molecule has 0 bridgehead atoms. The predicted octanol–water partition coefficient (Wildman–Crippen LogP) is 17.0. The maximum Gasteiger partial charge on any atom is 0.0645 e. The van der Waals surface area contributed by atoms with Gasteiger partial charge in [0, 0.05) is 16.9 Å². The van der Waals surface area contributed by atoms with Crippen LogP contribution < -0.4 is 4.90 Å². The third-order valence-electron chi connectivity index (χ3n) is 11.7. The highest BCUT2D eigenvalue weighted by Crippen LogP contribution is 2.43. The number of anilines is 3. The zero-order valence-electron chi connectivity index (χ0n) is 37.3. The molecule has 1 nitrogen and oxygen atoms in total. The van der Waals surface area contributed by atoms with Crippen molar-refractivity contribution in [3.63, 3.8) is 0 Å². The second-order valence-corrected chi connectivity index (χ2v) is 15.4. The van der Waals surface area contributed by atoms with Crippen LogP contribution in [0.3, 0.4) is 0 Å². The summed E-state index contributed by atoms with van der Waals surface area (Å²) in [6, 6.07) is 76.1. The summed E-state index contributed by atoms with van der Waals surface area (Å²) in [5.74, 6) is 0. The van der Waals surface area contributed by atoms with Gasteiger partial charge in [-0.25, -0.2) is 0 Å². The summed E-state index contributed by atoms with van der Waals surface area (Å²) in [7, 11) is 0. The van der Waals surface area contributed by atoms with Gasteiger partial charge in [-0.3, -0.25) is 0 Å². The monoisotopic (exact) mass is 779 g/mol. The van der Waals surface area contributed by atoms with E-state index in [0.29, 0.717) is 11.3 Å². The van der Waals surface area contributed by atoms with Crippen molar-refractivity contribution in [3.05, 3.63) is 249 Å². The lowest BCUT2D eigenvalue weighted by molar-refractivity contribution is 1.28. The van der Waals surface area contributed by atoms with E-state index in [0.717, 1.165) is 66.2 Å². The first-order chi connectivity index (χ1) is 31.9. The molecule has 0 aromatic heterocycles. The quantitative estimate of drug-likeness (QED) is 0.139. The molecule has 0 aliphatic rings. The Morgan fingerprint density at radius 2 is 0.787 bits per heavy atom. The fourth-order valence-electron chi connectivity index (χ4n) is 8.73. The van der Waals surface area contributed by atoms with Crippen molar-refractivity contribution in [1.82, 2.24) is 0 Å². The molecule has 0 amide bonds. The second-order valence-electron chi connectivity index (χ2n) is 15.4. The highest BCUT2D eigenvalue weighted by atomic mass is 15.1. The van der Waals surface area contributed by atoms with Crippen molar-refractivity contribution in [2.45, 2.75) is 0 Å². The van der Waals surface area contributed by atoms with Crippen LogP contribution in [0.25, 0.3) is 88.0 Å². The molecule has 0 radical (unpaired) electrons. The Labute approximate surface area is 362 Å². The number of nitrogens with zero attached hydrogens (tertiary/aromatic N) is 1. The third kappa shape index (κ3) is 6.83. The van der Waals surface area contributed by atoms with Crippen LogP contribution in [0.1, 0.15) is 5.48 Å². The van der Waals surface area contributed by atoms with Crippen LogP contribution in [0.4, 0.5) is 17.1 Å². The number of hydrogen-bond acceptors (Lipinski definition) is 1. The van der Waals surface area contributed by atoms with Gasteiger partial charge in [0.25, 0.3) is 0 Å². The molecule has 0 spiro atoms. The SMILES string of the molecule is [2H]c1c([2H])c(N(c2ccc(-c3cccc(-c4cccc5ccccc45)c3)cc2)c2ccccc2-c2ccc(-c3ccccc3)cc2)c([2H])c([2H])c1-c1cc2ccccc2c2ccccc12. The van der Waals surface area contributed by atoms with Gasteiger partial charge in [0.05, 0.1) is 11.2 Å². The fraction of sp³-hybridized carbons (Fsp3) is 0. The summed E-state index contributed by atoms with van der Waals surface area (Å²) in [5.41, 5.74) is 11.0. The Morgan fingerprint density at radius 3 is 1.59 bits per heavy atom. The molecule has 0 aliphatic heterocycles. The molecule has 1 heteroatoms. The zero-order valence-corrected chi connectivity index (χ0v) is 33.3. The molecule has 0 fully saturated rings. The lowest BCUT2D eigenvalue weighted by atomic mass is 9.93. The van der Waals surface area contributed by atoms with E-state index in [-0.39, 0.29) is 35.4 Å². The van der Waals surface area contributed by atoms with Crippen LogP contribution in [0.2, 0.25) is 0 Å². The minimum Gasteiger partial charge on any atom is -0.310 e. The molecule has 0 N–H and O–H groups in total. The van der Waals surface area contributed by atoms with Gasteiger partial charge in [-0.1, -0.05) is 206 Å². The minimum atomic E-state index is -0.126. The van der Waals surface area contributed by atoms with Crippen LogP contribution in [-0.4, -0.2) is 0 Å². The van der Waals surface area contributed by atoms with Crippen LogP contribution in [0.5, 0.6) is 0 Å². The van der Waals surface area contributed by atoms with E-state index < -0.39 is 0 Å². The summed E-state index contributed by atoms with van der Waals surface area (Å²) in [4.78, 5) is 1.90. The minimum absolute atomic E-state index is 0.0991. The van der Waals surface area contributed by atoms with Gasteiger partial charge < -0.3 is 4.90 Å². The molecule has 11 aromatic carbocycles. The second kappa shape index (κ2) is 15.6. The van der Waals surface area contributed by atoms with Crippen molar-refractivity contribution in [2.75, 3.05) is 4.90 Å². The molecule has 11 aromatic rings. The van der Waals surface area contributed by atoms with Gasteiger partial charge in [-0.2, -0.15) is 0 Å². The molecule has 0 saturated carbocycles. The van der Waals surface area contributed by atoms with E-state index >= 15 is 0 Å². The standard InChI is InChI=1S/C60H41N/c1-2-14-42(15-3-1)43-28-30-46(31-29-43)56-23-10-11-27-60(56)61(52-38-34-47(35-39-52)59-41-50-17-5-7-22-55(50)57-24-8-9-25-58(57)59)51-36-32-44(33-37-51)48-19-12-20-49(40-48)54-26-13-18-45-16-4-6-21-53(45)54/h1-41H/i34D,35D,38D,39D. The van der Waals surface area contributed by atoms with E-state index in [2.05, 4.69) is 133 Å². The summed E-state index contributed by atoms with van der Waals surface area (Å²) >= 11 is 0. The topological polar surface area (TPSA) is 3.24 Å². The molecular formula is C60H41N. The number of hydrogen-bond donors (Lipinski definition) is 0. The number of fused-ring (bicyclic) bond motifs is 4. The lowest BCUT2D eigenvalue weighted by Gasteiger charge is -2.28. The van der Waals surface area contributed by atoms with Crippen molar-refractivity contribution in [3.8, 4) is 55.6 Å². The highest BCUT2D eigenvalue weighted by molar-refractivity contribution is 6.13. The molecule has 61 heavy (non-hydrogen) atoms. The molecule has 0 unspecified atom stereocenters.